The van der Waals surface area contributed by atoms with E-state index in [2.05, 4.69) is 19.6 Å². The van der Waals surface area contributed by atoms with Crippen LogP contribution in [0.1, 0.15) is 18.4 Å². The number of hydrogen-bond donors (Lipinski definition) is 1. The molecule has 0 amide bonds. The molecule has 4 rings (SSSR count). The van der Waals surface area contributed by atoms with Gasteiger partial charge in [0.25, 0.3) is 5.56 Å². The lowest BCUT2D eigenvalue weighted by Crippen LogP contribution is -2.23. The Bertz CT molecular complexity index is 1140. The van der Waals surface area contributed by atoms with Gasteiger partial charge in [-0.2, -0.15) is 5.10 Å². The van der Waals surface area contributed by atoms with Gasteiger partial charge in [-0.3, -0.25) is 9.36 Å². The van der Waals surface area contributed by atoms with E-state index in [1.165, 1.54) is 15.6 Å². The molecule has 25 heavy (non-hydrogen) atoms. The zero-order valence-electron chi connectivity index (χ0n) is 14.0. The van der Waals surface area contributed by atoms with Crippen molar-refractivity contribution in [2.45, 2.75) is 26.6 Å². The average Bonchev–Trinajstić information content (AvgIpc) is 3.14. The Balaban J connectivity index is 1.87. The molecule has 0 unspecified atom stereocenters. The molecule has 128 valence electrons. The zero-order chi connectivity index (χ0) is 17.6. The van der Waals surface area contributed by atoms with Gasteiger partial charge >= 0.3 is 0 Å². The molecule has 1 aromatic carbocycles. The Kier molecular flexibility index (Phi) is 3.61. The van der Waals surface area contributed by atoms with E-state index in [4.69, 9.17) is 0 Å². The Labute approximate surface area is 143 Å². The maximum atomic E-state index is 12.9. The van der Waals surface area contributed by atoms with Crippen LogP contribution in [0.25, 0.3) is 22.1 Å². The molecule has 0 saturated carbocycles. The summed E-state index contributed by atoms with van der Waals surface area (Å²) in [7, 11) is 1.70. The van der Waals surface area contributed by atoms with Crippen molar-refractivity contribution in [2.75, 3.05) is 0 Å². The summed E-state index contributed by atoms with van der Waals surface area (Å²) >= 11 is 0. The van der Waals surface area contributed by atoms with Crippen molar-refractivity contribution in [3.63, 3.8) is 0 Å². The van der Waals surface area contributed by atoms with Crippen LogP contribution in [-0.4, -0.2) is 34.0 Å². The summed E-state index contributed by atoms with van der Waals surface area (Å²) in [5.74, 6) is 0.793. The number of aromatic nitrogens is 6. The van der Waals surface area contributed by atoms with Crippen LogP contribution in [-0.2, 0) is 26.7 Å². The van der Waals surface area contributed by atoms with Gasteiger partial charge in [-0.25, -0.2) is 14.6 Å². The molecular weight excluding hydrogens is 320 g/mol. The maximum Gasteiger partial charge on any atom is 0.265 e. The molecule has 0 spiro atoms. The van der Waals surface area contributed by atoms with Crippen LogP contribution in [0, 0.1) is 0 Å². The number of aliphatic hydroxyl groups excluding tert-OH is 1. The number of imidazole rings is 1. The van der Waals surface area contributed by atoms with Crippen molar-refractivity contribution in [3.05, 3.63) is 52.5 Å². The van der Waals surface area contributed by atoms with E-state index < -0.39 is 0 Å². The molecule has 0 aliphatic rings. The van der Waals surface area contributed by atoms with Crippen molar-refractivity contribution in [1.29, 1.82) is 0 Å². The van der Waals surface area contributed by atoms with Gasteiger partial charge in [-0.1, -0.05) is 12.1 Å². The number of hydrogen-bond acceptors (Lipinski definition) is 5. The molecule has 0 saturated heterocycles. The van der Waals surface area contributed by atoms with Crippen molar-refractivity contribution in [3.8, 4) is 0 Å². The molecule has 4 aromatic rings. The van der Waals surface area contributed by atoms with Crippen LogP contribution < -0.4 is 5.56 Å². The van der Waals surface area contributed by atoms with Crippen molar-refractivity contribution < 1.29 is 5.11 Å². The standard InChI is InChI=1S/C17H18N6O2/c1-3-23-13-7-5-4-6-11(13)19-14(23)8-22-10-18-16-15(17(22)25)12(9-24)20-21(16)2/h4-7,10,24H,3,8-9H2,1-2H3. The highest BCUT2D eigenvalue weighted by Crippen LogP contribution is 2.17. The summed E-state index contributed by atoms with van der Waals surface area (Å²) in [4.78, 5) is 21.8. The molecule has 0 radical (unpaired) electrons. The molecule has 8 heteroatoms. The van der Waals surface area contributed by atoms with Gasteiger partial charge in [-0.05, 0) is 19.1 Å². The fourth-order valence-electron chi connectivity index (χ4n) is 3.23. The first-order chi connectivity index (χ1) is 12.1. The molecule has 0 bridgehead atoms. The molecule has 0 fully saturated rings. The number of benzene rings is 1. The number of aliphatic hydroxyl groups is 1. The van der Waals surface area contributed by atoms with Gasteiger partial charge in [0, 0.05) is 13.6 Å². The Morgan fingerprint density at radius 2 is 2.04 bits per heavy atom. The van der Waals surface area contributed by atoms with Gasteiger partial charge in [0.05, 0.1) is 24.2 Å². The average molecular weight is 338 g/mol. The van der Waals surface area contributed by atoms with E-state index in [1.54, 1.807) is 7.05 Å². The number of rotatable bonds is 4. The summed E-state index contributed by atoms with van der Waals surface area (Å²) in [6.45, 7) is 2.82. The Hall–Kier alpha value is -3.00. The second-order valence-electron chi connectivity index (χ2n) is 5.87. The van der Waals surface area contributed by atoms with E-state index >= 15 is 0 Å². The predicted molar refractivity (Wildman–Crippen MR) is 93.2 cm³/mol. The van der Waals surface area contributed by atoms with Crippen LogP contribution in [0.3, 0.4) is 0 Å². The fourth-order valence-corrected chi connectivity index (χ4v) is 3.23. The van der Waals surface area contributed by atoms with Crippen molar-refractivity contribution in [2.24, 2.45) is 7.05 Å². The van der Waals surface area contributed by atoms with Gasteiger partial charge in [0.15, 0.2) is 5.65 Å². The number of nitrogens with zero attached hydrogens (tertiary/aromatic N) is 6. The number of fused-ring (bicyclic) bond motifs is 2. The molecule has 0 atom stereocenters. The van der Waals surface area contributed by atoms with Gasteiger partial charge in [0.2, 0.25) is 0 Å². The lowest BCUT2D eigenvalue weighted by atomic mass is 10.3. The first-order valence-corrected chi connectivity index (χ1v) is 8.10. The normalized spacial score (nSPS) is 11.6. The van der Waals surface area contributed by atoms with E-state index in [1.807, 2.05) is 31.2 Å². The maximum absolute atomic E-state index is 12.9. The van der Waals surface area contributed by atoms with Crippen LogP contribution >= 0.6 is 0 Å². The minimum absolute atomic E-state index is 0.225. The molecule has 1 N–H and O–H groups in total. The third kappa shape index (κ3) is 2.33. The largest absolute Gasteiger partial charge is 0.390 e. The van der Waals surface area contributed by atoms with Crippen LogP contribution in [0.2, 0.25) is 0 Å². The third-order valence-electron chi connectivity index (χ3n) is 4.39. The summed E-state index contributed by atoms with van der Waals surface area (Å²) < 4.78 is 5.10. The quantitative estimate of drug-likeness (QED) is 0.600. The highest BCUT2D eigenvalue weighted by Gasteiger charge is 2.16. The summed E-state index contributed by atoms with van der Waals surface area (Å²) in [5, 5.41) is 14.0. The van der Waals surface area contributed by atoms with E-state index in [9.17, 15) is 9.90 Å². The number of aryl methyl sites for hydroxylation is 2. The van der Waals surface area contributed by atoms with Crippen LogP contribution in [0.15, 0.2) is 35.4 Å². The van der Waals surface area contributed by atoms with Crippen LogP contribution in [0.4, 0.5) is 0 Å². The summed E-state index contributed by atoms with van der Waals surface area (Å²) in [6, 6.07) is 7.90. The smallest absolute Gasteiger partial charge is 0.265 e. The topological polar surface area (TPSA) is 90.8 Å². The van der Waals surface area contributed by atoms with Gasteiger partial charge in [-0.15, -0.1) is 0 Å². The molecule has 3 heterocycles. The highest BCUT2D eigenvalue weighted by molar-refractivity contribution is 5.77. The molecule has 0 aliphatic heterocycles. The predicted octanol–water partition coefficient (Wildman–Crippen LogP) is 1.04. The van der Waals surface area contributed by atoms with Crippen LogP contribution in [0.5, 0.6) is 0 Å². The summed E-state index contributed by atoms with van der Waals surface area (Å²) in [6.07, 6.45) is 1.51. The minimum atomic E-state index is -0.300. The Morgan fingerprint density at radius 3 is 2.80 bits per heavy atom. The first kappa shape index (κ1) is 15.5. The second-order valence-corrected chi connectivity index (χ2v) is 5.87. The molecule has 8 nitrogen and oxygen atoms in total. The lowest BCUT2D eigenvalue weighted by Gasteiger charge is -2.08. The first-order valence-electron chi connectivity index (χ1n) is 8.10. The van der Waals surface area contributed by atoms with Gasteiger partial charge < -0.3 is 9.67 Å². The SMILES string of the molecule is CCn1c(Cn2cnc3c(c(CO)nn3C)c2=O)nc2ccccc21. The van der Waals surface area contributed by atoms with Gasteiger partial charge in [0.1, 0.15) is 23.2 Å². The zero-order valence-corrected chi connectivity index (χ0v) is 14.0. The minimum Gasteiger partial charge on any atom is -0.390 e. The molecular formula is C17H18N6O2. The lowest BCUT2D eigenvalue weighted by molar-refractivity contribution is 0.277. The van der Waals surface area contributed by atoms with E-state index in [0.717, 1.165) is 23.4 Å². The van der Waals surface area contributed by atoms with E-state index in [-0.39, 0.29) is 12.2 Å². The monoisotopic (exact) mass is 338 g/mol. The fraction of sp³-hybridized carbons (Fsp3) is 0.294. The van der Waals surface area contributed by atoms with Crippen molar-refractivity contribution in [1.82, 2.24) is 28.9 Å². The van der Waals surface area contributed by atoms with Crippen molar-refractivity contribution >= 4 is 22.1 Å². The highest BCUT2D eigenvalue weighted by atomic mass is 16.3. The van der Waals surface area contributed by atoms with E-state index in [0.29, 0.717) is 23.3 Å². The number of para-hydroxylation sites is 2. The Morgan fingerprint density at radius 1 is 1.24 bits per heavy atom. The summed E-state index contributed by atoms with van der Waals surface area (Å²) in [5.41, 5.74) is 2.53. The second kappa shape index (κ2) is 5.82. The molecule has 0 aliphatic carbocycles. The third-order valence-corrected chi connectivity index (χ3v) is 4.39. The molecule has 3 aromatic heterocycles.